The first-order chi connectivity index (χ1) is 8.08. The molecule has 1 fully saturated rings. The number of amides is 1. The Morgan fingerprint density at radius 1 is 1.50 bits per heavy atom. The van der Waals surface area contributed by atoms with Crippen molar-refractivity contribution in [1.82, 2.24) is 4.90 Å². The zero-order valence-electron chi connectivity index (χ0n) is 9.73. The number of nitrogens with two attached hydrogens (primary N) is 1. The van der Waals surface area contributed by atoms with E-state index >= 15 is 0 Å². The van der Waals surface area contributed by atoms with Gasteiger partial charge in [-0.1, -0.05) is 11.6 Å². The Morgan fingerprint density at radius 2 is 2.22 bits per heavy atom. The second kappa shape index (κ2) is 6.36. The third kappa shape index (κ3) is 3.34. The second-order valence-corrected chi connectivity index (χ2v) is 4.71. The van der Waals surface area contributed by atoms with Gasteiger partial charge in [-0.25, -0.2) is 4.39 Å². The molecule has 1 aliphatic rings. The number of likely N-dealkylation sites (tertiary alicyclic amines) is 1. The van der Waals surface area contributed by atoms with Crippen LogP contribution in [0.3, 0.4) is 0 Å². The minimum absolute atomic E-state index is 0. The van der Waals surface area contributed by atoms with Gasteiger partial charge in [-0.3, -0.25) is 4.79 Å². The van der Waals surface area contributed by atoms with E-state index < -0.39 is 5.82 Å². The topological polar surface area (TPSA) is 46.3 Å². The van der Waals surface area contributed by atoms with E-state index in [2.05, 4.69) is 0 Å². The van der Waals surface area contributed by atoms with Crippen LogP contribution in [0.4, 0.5) is 4.39 Å². The van der Waals surface area contributed by atoms with Crippen molar-refractivity contribution in [2.24, 2.45) is 5.73 Å². The summed E-state index contributed by atoms with van der Waals surface area (Å²) >= 11 is 5.77. The Morgan fingerprint density at radius 3 is 2.89 bits per heavy atom. The van der Waals surface area contributed by atoms with Crippen LogP contribution in [0.15, 0.2) is 18.2 Å². The van der Waals surface area contributed by atoms with Gasteiger partial charge >= 0.3 is 0 Å². The molecule has 1 amide bonds. The van der Waals surface area contributed by atoms with Gasteiger partial charge in [0.05, 0.1) is 5.56 Å². The van der Waals surface area contributed by atoms with Crippen LogP contribution in [-0.4, -0.2) is 29.9 Å². The zero-order valence-corrected chi connectivity index (χ0v) is 11.3. The highest BCUT2D eigenvalue weighted by molar-refractivity contribution is 6.31. The van der Waals surface area contributed by atoms with E-state index in [9.17, 15) is 9.18 Å². The molecule has 0 bridgehead atoms. The zero-order chi connectivity index (χ0) is 12.4. The molecule has 1 aromatic carbocycles. The standard InChI is InChI=1S/C12H14ClFN2O.ClH/c13-8-3-4-11(14)10(6-8)12(17)16-5-1-2-9(15)7-16;/h3-4,6,9H,1-2,5,7,15H2;1H. The highest BCUT2D eigenvalue weighted by Crippen LogP contribution is 2.18. The molecule has 2 rings (SSSR count). The molecule has 3 nitrogen and oxygen atoms in total. The number of hydrogen-bond donors (Lipinski definition) is 1. The summed E-state index contributed by atoms with van der Waals surface area (Å²) < 4.78 is 13.5. The third-order valence-corrected chi connectivity index (χ3v) is 3.14. The fourth-order valence-corrected chi connectivity index (χ4v) is 2.20. The Hall–Kier alpha value is -0.840. The third-order valence-electron chi connectivity index (χ3n) is 2.90. The summed E-state index contributed by atoms with van der Waals surface area (Å²) in [6, 6.07) is 3.98. The SMILES string of the molecule is Cl.NC1CCCN(C(=O)c2cc(Cl)ccc2F)C1. The van der Waals surface area contributed by atoms with E-state index in [1.54, 1.807) is 4.90 Å². The average molecular weight is 293 g/mol. The molecule has 6 heteroatoms. The minimum Gasteiger partial charge on any atom is -0.337 e. The Kier molecular flexibility index (Phi) is 5.38. The van der Waals surface area contributed by atoms with Crippen molar-refractivity contribution in [3.05, 3.63) is 34.6 Å². The summed E-state index contributed by atoms with van der Waals surface area (Å²) in [5.74, 6) is -0.876. The molecule has 2 N–H and O–H groups in total. The first-order valence-electron chi connectivity index (χ1n) is 5.58. The number of hydrogen-bond acceptors (Lipinski definition) is 2. The summed E-state index contributed by atoms with van der Waals surface area (Å²) in [6.45, 7) is 1.10. The van der Waals surface area contributed by atoms with Crippen molar-refractivity contribution >= 4 is 29.9 Å². The van der Waals surface area contributed by atoms with Crippen molar-refractivity contribution < 1.29 is 9.18 Å². The van der Waals surface area contributed by atoms with Crippen LogP contribution in [0, 0.1) is 5.82 Å². The van der Waals surface area contributed by atoms with Crippen molar-refractivity contribution in [3.8, 4) is 0 Å². The lowest BCUT2D eigenvalue weighted by Gasteiger charge is -2.30. The van der Waals surface area contributed by atoms with Crippen LogP contribution in [-0.2, 0) is 0 Å². The maximum Gasteiger partial charge on any atom is 0.256 e. The van der Waals surface area contributed by atoms with E-state index in [0.717, 1.165) is 12.8 Å². The molecule has 0 aromatic heterocycles. The normalized spacial score (nSPS) is 19.3. The summed E-state index contributed by atoms with van der Waals surface area (Å²) in [5, 5.41) is 0.357. The van der Waals surface area contributed by atoms with Gasteiger partial charge in [-0.15, -0.1) is 12.4 Å². The number of halogens is 3. The smallest absolute Gasteiger partial charge is 0.256 e. The quantitative estimate of drug-likeness (QED) is 0.864. The molecule has 1 aliphatic heterocycles. The fourth-order valence-electron chi connectivity index (χ4n) is 2.03. The van der Waals surface area contributed by atoms with Crippen molar-refractivity contribution in [1.29, 1.82) is 0 Å². The van der Waals surface area contributed by atoms with Crippen LogP contribution >= 0.6 is 24.0 Å². The lowest BCUT2D eigenvalue weighted by molar-refractivity contribution is 0.0704. The molecule has 1 atom stereocenters. The molecular weight excluding hydrogens is 278 g/mol. The van der Waals surface area contributed by atoms with Gasteiger partial charge in [0.15, 0.2) is 0 Å². The minimum atomic E-state index is -0.543. The molecule has 1 aromatic rings. The molecule has 0 aliphatic carbocycles. The van der Waals surface area contributed by atoms with Gasteiger partial charge in [0.1, 0.15) is 5.82 Å². The molecule has 0 spiro atoms. The van der Waals surface area contributed by atoms with Crippen LogP contribution < -0.4 is 5.73 Å². The molecular formula is C12H15Cl2FN2O. The predicted octanol–water partition coefficient (Wildman–Crippen LogP) is 2.46. The fraction of sp³-hybridized carbons (Fsp3) is 0.417. The van der Waals surface area contributed by atoms with Gasteiger partial charge in [0.25, 0.3) is 5.91 Å². The summed E-state index contributed by atoms with van der Waals surface area (Å²) in [5.41, 5.74) is 5.82. The molecule has 1 unspecified atom stereocenters. The molecule has 1 saturated heterocycles. The van der Waals surface area contributed by atoms with Gasteiger partial charge in [0, 0.05) is 24.2 Å². The maximum atomic E-state index is 13.5. The van der Waals surface area contributed by atoms with Crippen molar-refractivity contribution in [2.45, 2.75) is 18.9 Å². The first-order valence-corrected chi connectivity index (χ1v) is 5.95. The molecule has 18 heavy (non-hydrogen) atoms. The van der Waals surface area contributed by atoms with Crippen LogP contribution in [0.25, 0.3) is 0 Å². The average Bonchev–Trinajstić information content (AvgIpc) is 2.31. The predicted molar refractivity (Wildman–Crippen MR) is 71.8 cm³/mol. The molecule has 0 saturated carbocycles. The number of rotatable bonds is 1. The first kappa shape index (κ1) is 15.2. The van der Waals surface area contributed by atoms with Crippen LogP contribution in [0.5, 0.6) is 0 Å². The molecule has 1 heterocycles. The van der Waals surface area contributed by atoms with E-state index in [1.807, 2.05) is 0 Å². The Labute approximate surface area is 116 Å². The number of carbonyl (C=O) groups excluding carboxylic acids is 1. The number of benzene rings is 1. The summed E-state index contributed by atoms with van der Waals surface area (Å²) in [6.07, 6.45) is 1.76. The van der Waals surface area contributed by atoms with Crippen LogP contribution in [0.1, 0.15) is 23.2 Å². The number of nitrogens with zero attached hydrogens (tertiary/aromatic N) is 1. The lowest BCUT2D eigenvalue weighted by atomic mass is 10.1. The highest BCUT2D eigenvalue weighted by atomic mass is 35.5. The number of piperidine rings is 1. The Balaban J connectivity index is 0.00000162. The molecule has 0 radical (unpaired) electrons. The lowest BCUT2D eigenvalue weighted by Crippen LogP contribution is -2.45. The summed E-state index contributed by atoms with van der Waals surface area (Å²) in [4.78, 5) is 13.7. The summed E-state index contributed by atoms with van der Waals surface area (Å²) in [7, 11) is 0. The highest BCUT2D eigenvalue weighted by Gasteiger charge is 2.24. The largest absolute Gasteiger partial charge is 0.337 e. The van der Waals surface area contributed by atoms with Gasteiger partial charge < -0.3 is 10.6 Å². The van der Waals surface area contributed by atoms with E-state index in [4.69, 9.17) is 17.3 Å². The Bertz CT molecular complexity index is 442. The molecule has 100 valence electrons. The van der Waals surface area contributed by atoms with Gasteiger partial charge in [-0.2, -0.15) is 0 Å². The van der Waals surface area contributed by atoms with E-state index in [-0.39, 0.29) is 29.9 Å². The van der Waals surface area contributed by atoms with Crippen molar-refractivity contribution in [2.75, 3.05) is 13.1 Å². The maximum absolute atomic E-state index is 13.5. The van der Waals surface area contributed by atoms with Crippen LogP contribution in [0.2, 0.25) is 5.02 Å². The number of carbonyl (C=O) groups is 1. The van der Waals surface area contributed by atoms with Crippen molar-refractivity contribution in [3.63, 3.8) is 0 Å². The van der Waals surface area contributed by atoms with E-state index in [1.165, 1.54) is 18.2 Å². The second-order valence-electron chi connectivity index (χ2n) is 4.28. The van der Waals surface area contributed by atoms with Gasteiger partial charge in [0.2, 0.25) is 0 Å². The monoisotopic (exact) mass is 292 g/mol. The van der Waals surface area contributed by atoms with E-state index in [0.29, 0.717) is 18.1 Å². The van der Waals surface area contributed by atoms with Gasteiger partial charge in [-0.05, 0) is 31.0 Å².